The first-order valence-corrected chi connectivity index (χ1v) is 8.59. The van der Waals surface area contributed by atoms with Crippen LogP contribution in [0.2, 0.25) is 0 Å². The van der Waals surface area contributed by atoms with Crippen LogP contribution in [0.4, 0.5) is 5.82 Å². The molecule has 122 valence electrons. The minimum absolute atomic E-state index is 0.0181. The van der Waals surface area contributed by atoms with E-state index in [1.807, 2.05) is 17.0 Å². The van der Waals surface area contributed by atoms with Gasteiger partial charge in [0.25, 0.3) is 5.91 Å². The van der Waals surface area contributed by atoms with Gasteiger partial charge in [0.15, 0.2) is 11.5 Å². The first-order chi connectivity index (χ1) is 11.6. The number of pyridine rings is 1. The van der Waals surface area contributed by atoms with E-state index in [4.69, 9.17) is 5.73 Å². The Morgan fingerprint density at radius 1 is 1.33 bits per heavy atom. The van der Waals surface area contributed by atoms with Crippen molar-refractivity contribution in [1.29, 1.82) is 0 Å². The zero-order valence-electron chi connectivity index (χ0n) is 12.9. The Bertz CT molecular complexity index is 905. The Labute approximate surface area is 147 Å². The van der Waals surface area contributed by atoms with Gasteiger partial charge in [0.05, 0.1) is 17.0 Å². The molecule has 0 aliphatic carbocycles. The van der Waals surface area contributed by atoms with Crippen molar-refractivity contribution in [3.05, 3.63) is 52.1 Å². The largest absolute Gasteiger partial charge is 0.382 e. The van der Waals surface area contributed by atoms with Gasteiger partial charge in [-0.15, -0.1) is 0 Å². The highest BCUT2D eigenvalue weighted by atomic mass is 79.9. The summed E-state index contributed by atoms with van der Waals surface area (Å²) >= 11 is 3.45. The first-order valence-electron chi connectivity index (χ1n) is 7.79. The number of nitrogens with two attached hydrogens (primary N) is 1. The fourth-order valence-corrected chi connectivity index (χ4v) is 3.51. The summed E-state index contributed by atoms with van der Waals surface area (Å²) in [4.78, 5) is 19.2. The number of likely N-dealkylation sites (tertiary alicyclic amines) is 1. The van der Waals surface area contributed by atoms with Crippen LogP contribution in [-0.4, -0.2) is 32.5 Å². The molecule has 3 heterocycles. The number of H-pyrrole nitrogens is 1. The lowest BCUT2D eigenvalue weighted by Crippen LogP contribution is -2.30. The number of carbonyl (C=O) groups excluding carboxylic acids is 1. The first kappa shape index (κ1) is 15.1. The number of nitrogen functional groups attached to an aromatic ring is 1. The van der Waals surface area contributed by atoms with Gasteiger partial charge in [-0.2, -0.15) is 5.10 Å². The van der Waals surface area contributed by atoms with Crippen molar-refractivity contribution in [2.24, 2.45) is 0 Å². The van der Waals surface area contributed by atoms with Gasteiger partial charge in [-0.05, 0) is 36.6 Å². The molecule has 1 fully saturated rings. The Morgan fingerprint density at radius 3 is 2.92 bits per heavy atom. The Kier molecular flexibility index (Phi) is 3.72. The average molecular weight is 386 g/mol. The van der Waals surface area contributed by atoms with Crippen molar-refractivity contribution < 1.29 is 4.79 Å². The quantitative estimate of drug-likeness (QED) is 0.708. The molecule has 6 nitrogen and oxygen atoms in total. The second kappa shape index (κ2) is 5.90. The van der Waals surface area contributed by atoms with E-state index in [-0.39, 0.29) is 11.9 Å². The van der Waals surface area contributed by atoms with Crippen LogP contribution in [0.1, 0.15) is 34.8 Å². The number of aromatic amines is 1. The lowest BCUT2D eigenvalue weighted by Gasteiger charge is -2.25. The number of carbonyl (C=O) groups is 1. The number of aromatic nitrogens is 3. The maximum Gasteiger partial charge on any atom is 0.255 e. The molecule has 0 saturated carbocycles. The van der Waals surface area contributed by atoms with Crippen LogP contribution >= 0.6 is 15.9 Å². The van der Waals surface area contributed by atoms with Crippen LogP contribution in [0.15, 0.2) is 41.0 Å². The summed E-state index contributed by atoms with van der Waals surface area (Å²) in [5.41, 5.74) is 8.11. The average Bonchev–Trinajstić information content (AvgIpc) is 3.22. The van der Waals surface area contributed by atoms with Gasteiger partial charge in [0.2, 0.25) is 0 Å². The fourth-order valence-electron chi connectivity index (χ4n) is 3.25. The molecule has 0 spiro atoms. The molecule has 1 unspecified atom stereocenters. The summed E-state index contributed by atoms with van der Waals surface area (Å²) in [7, 11) is 0. The highest BCUT2D eigenvalue weighted by Crippen LogP contribution is 2.34. The number of nitrogens with zero attached hydrogens (tertiary/aromatic N) is 3. The van der Waals surface area contributed by atoms with Crippen molar-refractivity contribution in [2.45, 2.75) is 18.9 Å². The zero-order valence-corrected chi connectivity index (χ0v) is 14.5. The highest BCUT2D eigenvalue weighted by molar-refractivity contribution is 9.10. The summed E-state index contributed by atoms with van der Waals surface area (Å²) < 4.78 is 1.03. The molecule has 0 radical (unpaired) electrons. The molecule has 24 heavy (non-hydrogen) atoms. The topological polar surface area (TPSA) is 87.9 Å². The van der Waals surface area contributed by atoms with Gasteiger partial charge in [-0.3, -0.25) is 9.89 Å². The van der Waals surface area contributed by atoms with E-state index in [1.165, 1.54) is 0 Å². The van der Waals surface area contributed by atoms with E-state index in [0.717, 1.165) is 29.4 Å². The Balaban J connectivity index is 1.66. The molecule has 4 rings (SSSR count). The maximum atomic E-state index is 13.0. The minimum atomic E-state index is -0.0181. The van der Waals surface area contributed by atoms with Gasteiger partial charge in [0.1, 0.15) is 0 Å². The molecular weight excluding hydrogens is 370 g/mol. The minimum Gasteiger partial charge on any atom is -0.382 e. The van der Waals surface area contributed by atoms with Gasteiger partial charge in [0, 0.05) is 17.2 Å². The number of hydrogen-bond donors (Lipinski definition) is 2. The van der Waals surface area contributed by atoms with Crippen molar-refractivity contribution in [3.8, 4) is 0 Å². The van der Waals surface area contributed by atoms with Crippen molar-refractivity contribution in [2.75, 3.05) is 12.3 Å². The number of anilines is 1. The third kappa shape index (κ3) is 2.54. The van der Waals surface area contributed by atoms with Crippen molar-refractivity contribution >= 4 is 38.7 Å². The van der Waals surface area contributed by atoms with E-state index in [1.54, 1.807) is 12.3 Å². The van der Waals surface area contributed by atoms with Crippen molar-refractivity contribution in [1.82, 2.24) is 20.1 Å². The SMILES string of the molecule is Nc1n[nH]c2ncc(C(=O)N3CCCC3c3ccc(Br)cc3)cc12. The monoisotopic (exact) mass is 385 g/mol. The van der Waals surface area contributed by atoms with Gasteiger partial charge in [-0.1, -0.05) is 28.1 Å². The van der Waals surface area contributed by atoms with Gasteiger partial charge >= 0.3 is 0 Å². The lowest BCUT2D eigenvalue weighted by molar-refractivity contribution is 0.0735. The number of rotatable bonds is 2. The lowest BCUT2D eigenvalue weighted by atomic mass is 10.0. The summed E-state index contributed by atoms with van der Waals surface area (Å²) in [6.07, 6.45) is 3.55. The van der Waals surface area contributed by atoms with E-state index in [9.17, 15) is 4.79 Å². The van der Waals surface area contributed by atoms with Crippen molar-refractivity contribution in [3.63, 3.8) is 0 Å². The molecule has 0 bridgehead atoms. The molecule has 1 aliphatic rings. The molecule has 1 atom stereocenters. The maximum absolute atomic E-state index is 13.0. The Hall–Kier alpha value is -2.41. The molecule has 1 amide bonds. The normalized spacial score (nSPS) is 17.5. The predicted octanol–water partition coefficient (Wildman–Crippen LogP) is 3.28. The number of amides is 1. The van der Waals surface area contributed by atoms with Crippen LogP contribution in [-0.2, 0) is 0 Å². The summed E-state index contributed by atoms with van der Waals surface area (Å²) in [5, 5.41) is 7.35. The molecule has 1 aromatic carbocycles. The fraction of sp³-hybridized carbons (Fsp3) is 0.235. The van der Waals surface area contributed by atoms with Crippen LogP contribution in [0, 0.1) is 0 Å². The highest BCUT2D eigenvalue weighted by Gasteiger charge is 2.30. The molecule has 1 saturated heterocycles. The number of benzene rings is 1. The van der Waals surface area contributed by atoms with Gasteiger partial charge in [-0.25, -0.2) is 4.98 Å². The molecule has 1 aliphatic heterocycles. The third-order valence-corrected chi connectivity index (χ3v) is 4.99. The van der Waals surface area contributed by atoms with Crippen LogP contribution in [0.3, 0.4) is 0 Å². The van der Waals surface area contributed by atoms with E-state index in [0.29, 0.717) is 22.4 Å². The summed E-state index contributed by atoms with van der Waals surface area (Å²) in [5.74, 6) is 0.341. The van der Waals surface area contributed by atoms with Crippen LogP contribution in [0.25, 0.3) is 11.0 Å². The smallest absolute Gasteiger partial charge is 0.255 e. The third-order valence-electron chi connectivity index (χ3n) is 4.46. The molecule has 2 aromatic heterocycles. The molecular formula is C17H16BrN5O. The second-order valence-corrected chi connectivity index (χ2v) is 6.85. The summed E-state index contributed by atoms with van der Waals surface area (Å²) in [6, 6.07) is 10.0. The van der Waals surface area contributed by atoms with Gasteiger partial charge < -0.3 is 10.6 Å². The number of halogens is 1. The van der Waals surface area contributed by atoms with Crippen LogP contribution in [0.5, 0.6) is 0 Å². The zero-order chi connectivity index (χ0) is 16.7. The standard InChI is InChI=1S/C17H16BrN5O/c18-12-5-3-10(4-6-12)14-2-1-7-23(14)17(24)11-8-13-15(19)21-22-16(13)20-9-11/h3-6,8-9,14H,1-2,7H2,(H3,19,20,21,22). The summed E-state index contributed by atoms with van der Waals surface area (Å²) in [6.45, 7) is 0.748. The molecule has 3 N–H and O–H groups in total. The van der Waals surface area contributed by atoms with E-state index >= 15 is 0 Å². The molecule has 7 heteroatoms. The van der Waals surface area contributed by atoms with E-state index in [2.05, 4.69) is 43.2 Å². The van der Waals surface area contributed by atoms with E-state index < -0.39 is 0 Å². The molecule has 3 aromatic rings. The Morgan fingerprint density at radius 2 is 2.12 bits per heavy atom. The predicted molar refractivity (Wildman–Crippen MR) is 95.5 cm³/mol. The number of hydrogen-bond acceptors (Lipinski definition) is 4. The van der Waals surface area contributed by atoms with Crippen LogP contribution < -0.4 is 5.73 Å². The second-order valence-electron chi connectivity index (χ2n) is 5.94. The number of fused-ring (bicyclic) bond motifs is 1. The number of nitrogens with one attached hydrogen (secondary N) is 1.